The summed E-state index contributed by atoms with van der Waals surface area (Å²) in [4.78, 5) is 16.9. The van der Waals surface area contributed by atoms with E-state index >= 15 is 4.39 Å². The number of halogens is 2. The van der Waals surface area contributed by atoms with Crippen LogP contribution in [0.4, 0.5) is 8.78 Å². The molecule has 10 heteroatoms. The van der Waals surface area contributed by atoms with Crippen LogP contribution in [0.25, 0.3) is 83.8 Å². The van der Waals surface area contributed by atoms with Gasteiger partial charge in [-0.05, 0) is 94.5 Å². The van der Waals surface area contributed by atoms with Gasteiger partial charge in [0.1, 0.15) is 11.6 Å². The number of fused-ring (bicyclic) bond motifs is 4. The average Bonchev–Trinajstić information content (AvgIpc) is 4.08. The van der Waals surface area contributed by atoms with Crippen LogP contribution in [0.3, 0.4) is 0 Å². The van der Waals surface area contributed by atoms with Crippen molar-refractivity contribution in [3.05, 3.63) is 193 Å². The molecule has 7 nitrogen and oxygen atoms in total. The average molecular weight is 1160 g/mol. The Morgan fingerprint density at radius 1 is 0.685 bits per heavy atom. The Kier molecular flexibility index (Phi) is 12.3. The molecule has 0 aliphatic carbocycles. The summed E-state index contributed by atoms with van der Waals surface area (Å²) >= 11 is 0. The molecule has 4 heterocycles. The summed E-state index contributed by atoms with van der Waals surface area (Å²) < 4.78 is 87.3. The molecule has 10 rings (SSSR count). The fourth-order valence-corrected chi connectivity index (χ4v) is 9.22. The van der Waals surface area contributed by atoms with E-state index in [0.717, 1.165) is 50.2 Å². The minimum Gasteiger partial charge on any atom is -0.497 e. The predicted octanol–water partition coefficient (Wildman–Crippen LogP) is 16.1. The van der Waals surface area contributed by atoms with Crippen LogP contribution in [0.5, 0.6) is 0 Å². The number of aryl methyl sites for hydroxylation is 2. The Hall–Kier alpha value is -7.00. The van der Waals surface area contributed by atoms with Gasteiger partial charge in [-0.15, -0.1) is 35.9 Å². The molecule has 0 saturated heterocycles. The zero-order valence-electron chi connectivity index (χ0n) is 48.8. The van der Waals surface area contributed by atoms with Gasteiger partial charge in [0.25, 0.3) is 0 Å². The van der Waals surface area contributed by atoms with Crippen molar-refractivity contribution in [2.75, 3.05) is 0 Å². The van der Waals surface area contributed by atoms with Gasteiger partial charge in [0.2, 0.25) is 0 Å². The number of pyridine rings is 1. The largest absolute Gasteiger partial charge is 3.00 e. The number of para-hydroxylation sites is 2. The second-order valence-electron chi connectivity index (χ2n) is 21.0. The van der Waals surface area contributed by atoms with Gasteiger partial charge in [-0.1, -0.05) is 146 Å². The van der Waals surface area contributed by atoms with Crippen molar-refractivity contribution < 1.29 is 46.1 Å². The Morgan fingerprint density at radius 3 is 1.93 bits per heavy atom. The monoisotopic (exact) mass is 1160 g/mol. The standard InChI is InChI=1S/C46H43FN5O.C17H19FN.Ir/c1-25(2)36-23-30(29-17-19-31(20-18-29)46(7,8)9)24-37(26(3)4)41(36)52-39-16-11-10-15-38(39)51-45(52)35-14-12-13-32-33-21-22-34(40(47)43(33)53-42(32)35)44-49-27(5)48-28(6)50-44;1-12-10-14(18)6-7-15(12)16-11-13(17(2,3)4)8-9-19(16)5;/h10-13,15-26H,1-9H3;6-11H,1,5H2,2-4H3;/q2*-1;+3/i5D3,6D3;;. The molecule has 10 aromatic rings. The van der Waals surface area contributed by atoms with Crippen LogP contribution < -0.4 is 4.57 Å². The molecule has 0 radical (unpaired) electrons. The molecule has 0 atom stereocenters. The summed E-state index contributed by atoms with van der Waals surface area (Å²) in [6, 6.07) is 40.0. The number of benzene rings is 6. The molecule has 0 fully saturated rings. The van der Waals surface area contributed by atoms with E-state index in [1.54, 1.807) is 28.8 Å². The maximum absolute atomic E-state index is 16.7. The normalized spacial score (nSPS) is 13.5. The number of imidazole rings is 1. The van der Waals surface area contributed by atoms with Crippen LogP contribution in [-0.4, -0.2) is 24.5 Å². The number of rotatable bonds is 7. The molecule has 0 unspecified atom stereocenters. The number of hydrogen-bond acceptors (Lipinski definition) is 5. The SMILES string of the molecule is [2H]C([2H])([2H])c1nc(-c2ccc3c(oc4c(-c5nc6ccccc6n5-c5c(C(C)C)cc(-c6ccc(C(C)(C)C)cc6)cc5C(C)C)[c-]ccc43)c2F)nc(C([2H])([2H])[2H])n1.[CH2-]c1cc(F)ccc1-c1cc(C(C)(C)C)cc[n+]1[CH2-].[Ir+3]. The van der Waals surface area contributed by atoms with Crippen LogP contribution in [0, 0.1) is 45.4 Å². The molecule has 0 saturated carbocycles. The van der Waals surface area contributed by atoms with Crippen molar-refractivity contribution in [3.8, 4) is 50.8 Å². The van der Waals surface area contributed by atoms with E-state index in [0.29, 0.717) is 33.3 Å². The van der Waals surface area contributed by atoms with Gasteiger partial charge in [-0.3, -0.25) is 4.98 Å². The summed E-state index contributed by atoms with van der Waals surface area (Å²) in [6.45, 7) is 20.1. The summed E-state index contributed by atoms with van der Waals surface area (Å²) in [5.74, 6) is -2.27. The summed E-state index contributed by atoms with van der Waals surface area (Å²) in [7, 11) is 3.98. The van der Waals surface area contributed by atoms with Gasteiger partial charge in [-0.25, -0.2) is 23.7 Å². The van der Waals surface area contributed by atoms with E-state index in [2.05, 4.69) is 157 Å². The molecule has 0 bridgehead atoms. The van der Waals surface area contributed by atoms with Crippen molar-refractivity contribution >= 4 is 33.0 Å². The number of nitrogens with zero attached hydrogens (tertiary/aromatic N) is 6. The molecule has 0 N–H and O–H groups in total. The minimum absolute atomic E-state index is 0. The molecular formula is C63H62F2IrN6O+. The zero-order valence-corrected chi connectivity index (χ0v) is 45.2. The van der Waals surface area contributed by atoms with Crippen LogP contribution >= 0.6 is 0 Å². The van der Waals surface area contributed by atoms with Crippen molar-refractivity contribution in [3.63, 3.8) is 0 Å². The third kappa shape index (κ3) is 10.2. The third-order valence-corrected chi connectivity index (χ3v) is 13.2. The Bertz CT molecular complexity index is 3860. The summed E-state index contributed by atoms with van der Waals surface area (Å²) in [5.41, 5.74) is 12.7. The molecule has 0 spiro atoms. The first-order valence-corrected chi connectivity index (χ1v) is 24.1. The van der Waals surface area contributed by atoms with E-state index in [-0.39, 0.29) is 59.7 Å². The van der Waals surface area contributed by atoms with Gasteiger partial charge in [-0.2, -0.15) is 12.5 Å². The van der Waals surface area contributed by atoms with E-state index in [1.165, 1.54) is 29.3 Å². The predicted molar refractivity (Wildman–Crippen MR) is 289 cm³/mol. The molecule has 0 aliphatic heterocycles. The molecule has 0 aliphatic rings. The maximum Gasteiger partial charge on any atom is 3.00 e. The van der Waals surface area contributed by atoms with Crippen molar-refractivity contribution in [2.24, 2.45) is 0 Å². The zero-order chi connectivity index (χ0) is 56.6. The molecular weight excluding hydrogens is 1090 g/mol. The molecule has 4 aromatic heterocycles. The van der Waals surface area contributed by atoms with Gasteiger partial charge in [0.05, 0.1) is 45.7 Å². The quantitative estimate of drug-likeness (QED) is 0.117. The van der Waals surface area contributed by atoms with Crippen LogP contribution in [0.15, 0.2) is 126 Å². The first kappa shape index (κ1) is 44.7. The number of hydrogen-bond donors (Lipinski definition) is 0. The van der Waals surface area contributed by atoms with Crippen molar-refractivity contribution in [1.82, 2.24) is 24.5 Å². The summed E-state index contributed by atoms with van der Waals surface area (Å²) in [6.07, 6.45) is 1.93. The topological polar surface area (TPSA) is 73.5 Å². The smallest absolute Gasteiger partial charge is 0.497 e. The van der Waals surface area contributed by atoms with Crippen molar-refractivity contribution in [2.45, 2.75) is 106 Å². The minimum atomic E-state index is -2.86. The number of furan rings is 1. The fourth-order valence-electron chi connectivity index (χ4n) is 9.22. The summed E-state index contributed by atoms with van der Waals surface area (Å²) in [5, 5.41) is 1.04. The Balaban J connectivity index is 0.000000347. The molecule has 6 aromatic carbocycles. The number of aromatic nitrogens is 6. The second-order valence-corrected chi connectivity index (χ2v) is 21.0. The van der Waals surface area contributed by atoms with Crippen LogP contribution in [-0.2, 0) is 30.9 Å². The first-order valence-electron chi connectivity index (χ1n) is 27.1. The van der Waals surface area contributed by atoms with E-state index < -0.39 is 37.0 Å². The van der Waals surface area contributed by atoms with Gasteiger partial charge in [0.15, 0.2) is 17.2 Å². The Morgan fingerprint density at radius 2 is 1.32 bits per heavy atom. The van der Waals surface area contributed by atoms with Crippen LogP contribution in [0.1, 0.15) is 129 Å². The second kappa shape index (κ2) is 20.1. The van der Waals surface area contributed by atoms with Gasteiger partial charge in [0, 0.05) is 26.3 Å². The molecule has 0 amide bonds. The fraction of sp³-hybridized carbons (Fsp3) is 0.254. The van der Waals surface area contributed by atoms with Crippen LogP contribution in [0.2, 0.25) is 0 Å². The van der Waals surface area contributed by atoms with Crippen molar-refractivity contribution in [1.29, 1.82) is 0 Å². The Labute approximate surface area is 450 Å². The van der Waals surface area contributed by atoms with Gasteiger partial charge < -0.3 is 13.6 Å². The molecule has 372 valence electrons. The van der Waals surface area contributed by atoms with E-state index in [4.69, 9.17) is 17.6 Å². The van der Waals surface area contributed by atoms with Gasteiger partial charge >= 0.3 is 20.1 Å². The van der Waals surface area contributed by atoms with E-state index in [1.807, 2.05) is 30.5 Å². The van der Waals surface area contributed by atoms with E-state index in [9.17, 15) is 4.39 Å². The first-order chi connectivity index (χ1) is 36.5. The molecule has 73 heavy (non-hydrogen) atoms. The third-order valence-electron chi connectivity index (χ3n) is 13.2. The maximum atomic E-state index is 16.7.